The number of thiazole rings is 1. The van der Waals surface area contributed by atoms with Gasteiger partial charge in [-0.2, -0.15) is 0 Å². The van der Waals surface area contributed by atoms with Crippen LogP contribution in [0.5, 0.6) is 0 Å². The molecule has 0 bridgehead atoms. The number of benzene rings is 1. The van der Waals surface area contributed by atoms with Crippen LogP contribution in [0.3, 0.4) is 0 Å². The van der Waals surface area contributed by atoms with Gasteiger partial charge >= 0.3 is 0 Å². The first-order chi connectivity index (χ1) is 14.1. The molecule has 1 fully saturated rings. The molecular formula is C21H32ClIN6S. The Kier molecular flexibility index (Phi) is 10.6. The van der Waals surface area contributed by atoms with Crippen LogP contribution in [0.15, 0.2) is 29.4 Å². The zero-order valence-corrected chi connectivity index (χ0v) is 21.9. The molecule has 1 saturated heterocycles. The number of piperazine rings is 1. The summed E-state index contributed by atoms with van der Waals surface area (Å²) in [6.45, 7) is 7.77. The maximum Gasteiger partial charge on any atom is 0.191 e. The van der Waals surface area contributed by atoms with Crippen LogP contribution in [-0.2, 0) is 19.4 Å². The molecule has 0 radical (unpaired) electrons. The number of rotatable bonds is 7. The van der Waals surface area contributed by atoms with Gasteiger partial charge in [-0.05, 0) is 25.6 Å². The third kappa shape index (κ3) is 6.96. The fourth-order valence-electron chi connectivity index (χ4n) is 3.37. The van der Waals surface area contributed by atoms with Gasteiger partial charge in [0.1, 0.15) is 0 Å². The Hall–Kier alpha value is -1.10. The Balaban J connectivity index is 0.00000320. The summed E-state index contributed by atoms with van der Waals surface area (Å²) in [5.41, 5.74) is 2.33. The van der Waals surface area contributed by atoms with E-state index in [1.54, 1.807) is 18.4 Å². The van der Waals surface area contributed by atoms with Gasteiger partial charge in [0.25, 0.3) is 0 Å². The van der Waals surface area contributed by atoms with Crippen LogP contribution in [0.1, 0.15) is 22.4 Å². The summed E-state index contributed by atoms with van der Waals surface area (Å²) in [7, 11) is 3.96. The van der Waals surface area contributed by atoms with E-state index < -0.39 is 0 Å². The molecule has 2 N–H and O–H groups in total. The molecule has 0 atom stereocenters. The fourth-order valence-corrected chi connectivity index (χ4v) is 4.47. The second-order valence-electron chi connectivity index (χ2n) is 7.20. The highest BCUT2D eigenvalue weighted by Crippen LogP contribution is 2.28. The third-order valence-corrected chi connectivity index (χ3v) is 6.73. The summed E-state index contributed by atoms with van der Waals surface area (Å²) < 4.78 is 0. The Morgan fingerprint density at radius 1 is 1.23 bits per heavy atom. The summed E-state index contributed by atoms with van der Waals surface area (Å²) in [5, 5.41) is 8.75. The van der Waals surface area contributed by atoms with Gasteiger partial charge in [-0.3, -0.25) is 4.99 Å². The average molecular weight is 563 g/mol. The molecule has 0 spiro atoms. The van der Waals surface area contributed by atoms with Gasteiger partial charge in [0, 0.05) is 80.1 Å². The molecule has 2 aromatic rings. The van der Waals surface area contributed by atoms with Crippen LogP contribution in [0, 0.1) is 0 Å². The highest BCUT2D eigenvalue weighted by molar-refractivity contribution is 14.0. The SMILES string of the molecule is CCc1cnc(CCNC(=NC)NCc2c(Cl)cccc2N2CCN(C)CC2)s1.I. The second kappa shape index (κ2) is 12.7. The number of guanidine groups is 1. The van der Waals surface area contributed by atoms with Crippen molar-refractivity contribution in [3.05, 3.63) is 44.9 Å². The smallest absolute Gasteiger partial charge is 0.191 e. The summed E-state index contributed by atoms with van der Waals surface area (Å²) in [5.74, 6) is 0.779. The van der Waals surface area contributed by atoms with Crippen LogP contribution in [0.2, 0.25) is 5.02 Å². The zero-order valence-electron chi connectivity index (χ0n) is 17.9. The van der Waals surface area contributed by atoms with E-state index in [1.807, 2.05) is 18.3 Å². The van der Waals surface area contributed by atoms with E-state index in [1.165, 1.54) is 10.6 Å². The first-order valence-corrected chi connectivity index (χ1v) is 11.4. The van der Waals surface area contributed by atoms with E-state index in [4.69, 9.17) is 11.6 Å². The van der Waals surface area contributed by atoms with Crippen LogP contribution in [0.25, 0.3) is 0 Å². The first kappa shape index (κ1) is 25.2. The summed E-state index contributed by atoms with van der Waals surface area (Å²) >= 11 is 8.34. The molecule has 1 aliphatic heterocycles. The first-order valence-electron chi connectivity index (χ1n) is 10.2. The normalized spacial score (nSPS) is 15.1. The quantitative estimate of drug-likeness (QED) is 0.307. The number of nitrogens with zero attached hydrogens (tertiary/aromatic N) is 4. The Morgan fingerprint density at radius 3 is 2.67 bits per heavy atom. The number of likely N-dealkylation sites (N-methyl/N-ethyl adjacent to an activating group) is 1. The van der Waals surface area contributed by atoms with Crippen LogP contribution < -0.4 is 15.5 Å². The molecule has 6 nitrogen and oxygen atoms in total. The van der Waals surface area contributed by atoms with Crippen molar-refractivity contribution >= 4 is 58.6 Å². The van der Waals surface area contributed by atoms with Gasteiger partial charge in [0.05, 0.1) is 5.01 Å². The Morgan fingerprint density at radius 2 is 2.00 bits per heavy atom. The minimum Gasteiger partial charge on any atom is -0.369 e. The molecule has 2 heterocycles. The number of hydrogen-bond acceptors (Lipinski definition) is 5. The summed E-state index contributed by atoms with van der Waals surface area (Å²) in [4.78, 5) is 14.9. The van der Waals surface area contributed by atoms with E-state index in [0.29, 0.717) is 6.54 Å². The van der Waals surface area contributed by atoms with Gasteiger partial charge in [0.15, 0.2) is 5.96 Å². The van der Waals surface area contributed by atoms with Crippen molar-refractivity contribution in [3.63, 3.8) is 0 Å². The molecule has 30 heavy (non-hydrogen) atoms. The van der Waals surface area contributed by atoms with Crippen molar-refractivity contribution in [2.45, 2.75) is 26.3 Å². The molecule has 1 aromatic heterocycles. The van der Waals surface area contributed by atoms with Crippen molar-refractivity contribution < 1.29 is 0 Å². The lowest BCUT2D eigenvalue weighted by molar-refractivity contribution is 0.312. The fraction of sp³-hybridized carbons (Fsp3) is 0.524. The predicted octanol–water partition coefficient (Wildman–Crippen LogP) is 3.64. The van der Waals surface area contributed by atoms with E-state index in [-0.39, 0.29) is 24.0 Å². The molecule has 0 unspecified atom stereocenters. The number of halogens is 2. The van der Waals surface area contributed by atoms with Crippen molar-refractivity contribution in [3.8, 4) is 0 Å². The average Bonchev–Trinajstić information content (AvgIpc) is 3.20. The third-order valence-electron chi connectivity index (χ3n) is 5.18. The molecule has 9 heteroatoms. The number of aliphatic imine (C=N–C) groups is 1. The van der Waals surface area contributed by atoms with Gasteiger partial charge < -0.3 is 20.4 Å². The molecule has 1 aliphatic rings. The maximum atomic E-state index is 6.56. The van der Waals surface area contributed by atoms with Crippen molar-refractivity contribution in [2.24, 2.45) is 4.99 Å². The van der Waals surface area contributed by atoms with Crippen molar-refractivity contribution in [2.75, 3.05) is 51.7 Å². The van der Waals surface area contributed by atoms with E-state index in [2.05, 4.69) is 50.4 Å². The maximum absolute atomic E-state index is 6.56. The van der Waals surface area contributed by atoms with Crippen molar-refractivity contribution in [1.82, 2.24) is 20.5 Å². The standard InChI is InChI=1S/C21H31ClN6S.HI/c1-4-16-14-25-20(29-16)8-9-24-21(23-2)26-15-17-18(22)6-5-7-19(17)28-12-10-27(3)11-13-28;/h5-7,14H,4,8-13,15H2,1-3H3,(H2,23,24,26);1H. The molecule has 3 rings (SSSR count). The topological polar surface area (TPSA) is 55.8 Å². The van der Waals surface area contributed by atoms with Crippen LogP contribution in [0.4, 0.5) is 5.69 Å². The molecule has 0 aliphatic carbocycles. The van der Waals surface area contributed by atoms with E-state index >= 15 is 0 Å². The zero-order chi connectivity index (χ0) is 20.6. The monoisotopic (exact) mass is 562 g/mol. The van der Waals surface area contributed by atoms with E-state index in [0.717, 1.165) is 67.1 Å². The van der Waals surface area contributed by atoms with Gasteiger partial charge in [-0.15, -0.1) is 35.3 Å². The lowest BCUT2D eigenvalue weighted by Gasteiger charge is -2.35. The molecular weight excluding hydrogens is 531 g/mol. The summed E-state index contributed by atoms with van der Waals surface area (Å²) in [6, 6.07) is 6.16. The number of aryl methyl sites for hydroxylation is 1. The molecule has 1 aromatic carbocycles. The van der Waals surface area contributed by atoms with Crippen molar-refractivity contribution in [1.29, 1.82) is 0 Å². The molecule has 0 saturated carbocycles. The Bertz CT molecular complexity index is 820. The van der Waals surface area contributed by atoms with Gasteiger partial charge in [-0.1, -0.05) is 24.6 Å². The van der Waals surface area contributed by atoms with Crippen LogP contribution in [-0.4, -0.2) is 62.7 Å². The lowest BCUT2D eigenvalue weighted by atomic mass is 10.1. The molecule has 166 valence electrons. The summed E-state index contributed by atoms with van der Waals surface area (Å²) in [6.07, 6.45) is 3.91. The number of aromatic nitrogens is 1. The Labute approximate surface area is 206 Å². The number of nitrogens with one attached hydrogen (secondary N) is 2. The minimum absolute atomic E-state index is 0. The minimum atomic E-state index is 0. The highest BCUT2D eigenvalue weighted by atomic mass is 127. The van der Waals surface area contributed by atoms with Crippen LogP contribution >= 0.6 is 46.9 Å². The lowest BCUT2D eigenvalue weighted by Crippen LogP contribution is -2.45. The highest BCUT2D eigenvalue weighted by Gasteiger charge is 2.18. The number of anilines is 1. The van der Waals surface area contributed by atoms with Gasteiger partial charge in [0.2, 0.25) is 0 Å². The van der Waals surface area contributed by atoms with E-state index in [9.17, 15) is 0 Å². The number of hydrogen-bond donors (Lipinski definition) is 2. The second-order valence-corrected chi connectivity index (χ2v) is 8.81. The largest absolute Gasteiger partial charge is 0.369 e. The van der Waals surface area contributed by atoms with Gasteiger partial charge in [-0.25, -0.2) is 4.98 Å². The molecule has 0 amide bonds. The predicted molar refractivity (Wildman–Crippen MR) is 140 cm³/mol.